The predicted octanol–water partition coefficient (Wildman–Crippen LogP) is 6.23. The zero-order chi connectivity index (χ0) is 26.0. The molecule has 0 aliphatic carbocycles. The van der Waals surface area contributed by atoms with Gasteiger partial charge in [0.05, 0.1) is 5.57 Å². The second-order valence-electron chi connectivity index (χ2n) is 7.77. The topological polar surface area (TPSA) is 75.3 Å². The van der Waals surface area contributed by atoms with E-state index >= 15 is 0 Å². The molecule has 2 amide bonds. The van der Waals surface area contributed by atoms with Crippen molar-refractivity contribution in [3.05, 3.63) is 84.6 Å². The van der Waals surface area contributed by atoms with Gasteiger partial charge in [0.15, 0.2) is 5.78 Å². The van der Waals surface area contributed by atoms with Gasteiger partial charge in [0, 0.05) is 19.5 Å². The number of ketones is 1. The Labute approximate surface area is 212 Å². The fourth-order valence-electron chi connectivity index (χ4n) is 2.94. The maximum atomic E-state index is 12.0. The molecule has 0 aliphatic rings. The highest BCUT2D eigenvalue weighted by molar-refractivity contribution is 6.23. The van der Waals surface area contributed by atoms with E-state index in [0.29, 0.717) is 13.0 Å². The second-order valence-corrected chi connectivity index (χ2v) is 7.77. The first kappa shape index (κ1) is 31.8. The minimum Gasteiger partial charge on any atom is -0.354 e. The third-order valence-corrected chi connectivity index (χ3v) is 4.78. The summed E-state index contributed by atoms with van der Waals surface area (Å²) in [7, 11) is 0. The molecule has 0 heterocycles. The number of nitrogens with one attached hydrogen (secondary N) is 2. The molecule has 35 heavy (non-hydrogen) atoms. The number of amides is 2. The molecular weight excluding hydrogens is 436 g/mol. The van der Waals surface area contributed by atoms with E-state index in [-0.39, 0.29) is 23.8 Å². The van der Waals surface area contributed by atoms with E-state index in [1.807, 2.05) is 0 Å². The zero-order valence-corrected chi connectivity index (χ0v) is 21.8. The summed E-state index contributed by atoms with van der Waals surface area (Å²) in [4.78, 5) is 35.7. The average molecular weight is 481 g/mol. The van der Waals surface area contributed by atoms with Crippen molar-refractivity contribution in [2.45, 2.75) is 72.1 Å². The molecule has 0 saturated carbocycles. The normalized spacial score (nSPS) is 12.8. The molecule has 0 aromatic heterocycles. The predicted molar refractivity (Wildman–Crippen MR) is 148 cm³/mol. The summed E-state index contributed by atoms with van der Waals surface area (Å²) in [5, 5.41) is 5.43. The number of hydrogen-bond donors (Lipinski definition) is 2. The molecule has 0 fully saturated rings. The van der Waals surface area contributed by atoms with Crippen LogP contribution in [-0.2, 0) is 14.4 Å². The number of hydrogen-bond acceptors (Lipinski definition) is 3. The van der Waals surface area contributed by atoms with Crippen LogP contribution in [0, 0.1) is 0 Å². The monoisotopic (exact) mass is 480 g/mol. The number of allylic oxidation sites excluding steroid dienone is 13. The summed E-state index contributed by atoms with van der Waals surface area (Å²) in [6, 6.07) is 0. The summed E-state index contributed by atoms with van der Waals surface area (Å²) in [6.07, 6.45) is 33.1. The Morgan fingerprint density at radius 1 is 0.686 bits per heavy atom. The lowest BCUT2D eigenvalue weighted by atomic mass is 10.1. The molecule has 192 valence electrons. The van der Waals surface area contributed by atoms with Gasteiger partial charge in [-0.3, -0.25) is 14.4 Å². The van der Waals surface area contributed by atoms with Gasteiger partial charge in [-0.2, -0.15) is 0 Å². The standard InChI is InChI=1S/C30H44N2O3/c1-4-7-8-9-10-11-12-13-14-15-16-17-18-19-20-21-22-24-29(34)31-25-26-32-30(35)27(6-3)28(33)23-5-2/h5-8,10-11,13-14,16-17,19-20,23H,4,9,12,15,18,21-22,24-26H2,1-3H3,(H,31,34)(H,32,35)/b8-7?,11-10?,14-13?,17-16?,20-19?,23-5-,27-6+. The van der Waals surface area contributed by atoms with E-state index in [1.54, 1.807) is 19.9 Å². The highest BCUT2D eigenvalue weighted by Gasteiger charge is 2.13. The van der Waals surface area contributed by atoms with Crippen molar-refractivity contribution < 1.29 is 14.4 Å². The Bertz CT molecular complexity index is 811. The van der Waals surface area contributed by atoms with E-state index in [0.717, 1.165) is 44.9 Å². The van der Waals surface area contributed by atoms with Crippen LogP contribution in [0.4, 0.5) is 0 Å². The first-order valence-electron chi connectivity index (χ1n) is 12.7. The quantitative estimate of drug-likeness (QED) is 0.0756. The molecule has 0 bridgehead atoms. The van der Waals surface area contributed by atoms with Gasteiger partial charge in [0.25, 0.3) is 5.91 Å². The van der Waals surface area contributed by atoms with Gasteiger partial charge < -0.3 is 10.6 Å². The minimum absolute atomic E-state index is 0.0390. The van der Waals surface area contributed by atoms with Gasteiger partial charge in [0.1, 0.15) is 0 Å². The number of rotatable bonds is 19. The molecule has 0 spiro atoms. The van der Waals surface area contributed by atoms with Crippen molar-refractivity contribution in [1.82, 2.24) is 10.6 Å². The largest absolute Gasteiger partial charge is 0.354 e. The molecule has 0 rings (SSSR count). The van der Waals surface area contributed by atoms with Crippen LogP contribution in [0.2, 0.25) is 0 Å². The van der Waals surface area contributed by atoms with Crippen molar-refractivity contribution in [2.24, 2.45) is 0 Å². The smallest absolute Gasteiger partial charge is 0.254 e. The molecule has 0 radical (unpaired) electrons. The summed E-state index contributed by atoms with van der Waals surface area (Å²) in [6.45, 7) is 6.12. The molecule has 2 N–H and O–H groups in total. The Hall–Kier alpha value is -3.21. The van der Waals surface area contributed by atoms with Crippen molar-refractivity contribution >= 4 is 17.6 Å². The fourth-order valence-corrected chi connectivity index (χ4v) is 2.94. The van der Waals surface area contributed by atoms with Crippen molar-refractivity contribution in [3.63, 3.8) is 0 Å². The molecule has 5 heteroatoms. The van der Waals surface area contributed by atoms with Gasteiger partial charge >= 0.3 is 0 Å². The third-order valence-electron chi connectivity index (χ3n) is 4.78. The molecule has 0 aliphatic heterocycles. The first-order chi connectivity index (χ1) is 17.1. The second kappa shape index (κ2) is 23.9. The fraction of sp³-hybridized carbons (Fsp3) is 0.433. The van der Waals surface area contributed by atoms with Crippen LogP contribution < -0.4 is 10.6 Å². The van der Waals surface area contributed by atoms with E-state index < -0.39 is 5.91 Å². The lowest BCUT2D eigenvalue weighted by molar-refractivity contribution is -0.123. The van der Waals surface area contributed by atoms with Crippen LogP contribution in [0.3, 0.4) is 0 Å². The summed E-state index contributed by atoms with van der Waals surface area (Å²) >= 11 is 0. The number of carbonyl (C=O) groups is 3. The van der Waals surface area contributed by atoms with Crippen molar-refractivity contribution in [1.29, 1.82) is 0 Å². The molecule has 0 atom stereocenters. The average Bonchev–Trinajstić information content (AvgIpc) is 2.84. The minimum atomic E-state index is -0.428. The lowest BCUT2D eigenvalue weighted by Crippen LogP contribution is -2.36. The summed E-state index contributed by atoms with van der Waals surface area (Å²) in [5.41, 5.74) is 0.103. The van der Waals surface area contributed by atoms with E-state index in [2.05, 4.69) is 78.3 Å². The third kappa shape index (κ3) is 19.9. The maximum absolute atomic E-state index is 12.0. The number of unbranched alkanes of at least 4 members (excludes halogenated alkanes) is 1. The van der Waals surface area contributed by atoms with E-state index in [1.165, 1.54) is 12.2 Å². The molecule has 5 nitrogen and oxygen atoms in total. The molecule has 0 aromatic rings. The van der Waals surface area contributed by atoms with Crippen molar-refractivity contribution in [3.8, 4) is 0 Å². The highest BCUT2D eigenvalue weighted by Crippen LogP contribution is 2.00. The van der Waals surface area contributed by atoms with Gasteiger partial charge in [-0.15, -0.1) is 0 Å². The van der Waals surface area contributed by atoms with Crippen molar-refractivity contribution in [2.75, 3.05) is 13.1 Å². The van der Waals surface area contributed by atoms with Crippen LogP contribution in [-0.4, -0.2) is 30.7 Å². The lowest BCUT2D eigenvalue weighted by Gasteiger charge is -2.08. The van der Waals surface area contributed by atoms with E-state index in [9.17, 15) is 14.4 Å². The Kier molecular flexibility index (Phi) is 21.7. The van der Waals surface area contributed by atoms with Gasteiger partial charge in [-0.05, 0) is 64.9 Å². The Morgan fingerprint density at radius 2 is 1.20 bits per heavy atom. The number of carbonyl (C=O) groups excluding carboxylic acids is 3. The SMILES string of the molecule is C/C=C\C(=O)/C(=C\C)C(=O)NCCNC(=O)CCCC=CCC=CCC=CCC=CCC=CCC. The van der Waals surface area contributed by atoms with Crippen LogP contribution >= 0.6 is 0 Å². The Balaban J connectivity index is 3.77. The molecular formula is C30H44N2O3. The maximum Gasteiger partial charge on any atom is 0.254 e. The Morgan fingerprint density at radius 3 is 1.71 bits per heavy atom. The molecule has 0 saturated heterocycles. The van der Waals surface area contributed by atoms with Crippen LogP contribution in [0.25, 0.3) is 0 Å². The van der Waals surface area contributed by atoms with Crippen LogP contribution in [0.1, 0.15) is 72.1 Å². The first-order valence-corrected chi connectivity index (χ1v) is 12.7. The molecule has 0 aromatic carbocycles. The summed E-state index contributed by atoms with van der Waals surface area (Å²) < 4.78 is 0. The zero-order valence-electron chi connectivity index (χ0n) is 21.8. The molecule has 0 unspecified atom stereocenters. The summed E-state index contributed by atoms with van der Waals surface area (Å²) in [5.74, 6) is -0.794. The van der Waals surface area contributed by atoms with Crippen LogP contribution in [0.5, 0.6) is 0 Å². The highest BCUT2D eigenvalue weighted by atomic mass is 16.2. The van der Waals surface area contributed by atoms with E-state index in [4.69, 9.17) is 0 Å². The van der Waals surface area contributed by atoms with Crippen LogP contribution in [0.15, 0.2) is 84.6 Å². The van der Waals surface area contributed by atoms with Gasteiger partial charge in [-0.25, -0.2) is 0 Å². The van der Waals surface area contributed by atoms with Gasteiger partial charge in [0.2, 0.25) is 5.91 Å². The van der Waals surface area contributed by atoms with Gasteiger partial charge in [-0.1, -0.05) is 79.8 Å².